The molecule has 164 valence electrons. The maximum absolute atomic E-state index is 5.48. The van der Waals surface area contributed by atoms with E-state index in [1.165, 1.54) is 12.8 Å². The lowest BCUT2D eigenvalue weighted by molar-refractivity contribution is 0.324. The smallest absolute Gasteiger partial charge is 0.203 e. The minimum atomic E-state index is 0.542. The third kappa shape index (κ3) is 4.29. The molecule has 0 radical (unpaired) electrons. The van der Waals surface area contributed by atoms with E-state index in [1.54, 1.807) is 27.5 Å². The number of nitrogens with zero attached hydrogens (tertiary/aromatic N) is 2. The Morgan fingerprint density at radius 3 is 2.48 bits per heavy atom. The van der Waals surface area contributed by atoms with E-state index in [1.807, 2.05) is 18.3 Å². The molecule has 4 rings (SSSR count). The zero-order chi connectivity index (χ0) is 21.8. The van der Waals surface area contributed by atoms with E-state index in [9.17, 15) is 0 Å². The van der Waals surface area contributed by atoms with Crippen LogP contribution in [0.4, 0.5) is 0 Å². The molecule has 0 spiro atoms. The number of H-pyrrole nitrogens is 1. The van der Waals surface area contributed by atoms with Crippen LogP contribution >= 0.6 is 0 Å². The topological polar surface area (TPSA) is 93.3 Å². The quantitative estimate of drug-likeness (QED) is 0.512. The molecule has 8 nitrogen and oxygen atoms in total. The van der Waals surface area contributed by atoms with Crippen LogP contribution in [-0.2, 0) is 0 Å². The molecule has 3 aromatic rings. The minimum Gasteiger partial charge on any atom is -0.493 e. The standard InChI is InChI=1S/C23H29N5O3/c1-14(25-11-15-5-7-24-8-6-15)17-12-26-23-21(17)28-18(13-27-23)16-9-19(29-2)22(31-4)20(10-16)30-3/h9-10,12-13,15,24-25H,1,5-8,11H2,2-4H3,(H,26,27). The van der Waals surface area contributed by atoms with Crippen LogP contribution in [0.15, 0.2) is 31.1 Å². The maximum atomic E-state index is 5.48. The van der Waals surface area contributed by atoms with E-state index < -0.39 is 0 Å². The first-order chi connectivity index (χ1) is 15.1. The van der Waals surface area contributed by atoms with Crippen molar-refractivity contribution in [1.29, 1.82) is 0 Å². The van der Waals surface area contributed by atoms with Crippen molar-refractivity contribution in [3.8, 4) is 28.5 Å². The highest BCUT2D eigenvalue weighted by atomic mass is 16.5. The number of ether oxygens (including phenoxy) is 3. The normalized spacial score (nSPS) is 14.4. The van der Waals surface area contributed by atoms with Gasteiger partial charge in [0.15, 0.2) is 17.1 Å². The molecule has 3 N–H and O–H groups in total. The lowest BCUT2D eigenvalue weighted by Crippen LogP contribution is -2.33. The van der Waals surface area contributed by atoms with Crippen LogP contribution in [0.5, 0.6) is 17.2 Å². The van der Waals surface area contributed by atoms with Gasteiger partial charge < -0.3 is 29.8 Å². The summed E-state index contributed by atoms with van der Waals surface area (Å²) in [4.78, 5) is 12.6. The Hall–Kier alpha value is -3.26. The van der Waals surface area contributed by atoms with Gasteiger partial charge in [-0.05, 0) is 44.0 Å². The summed E-state index contributed by atoms with van der Waals surface area (Å²) in [7, 11) is 4.77. The molecule has 1 aromatic carbocycles. The second-order valence-corrected chi connectivity index (χ2v) is 7.62. The molecule has 1 saturated heterocycles. The van der Waals surface area contributed by atoms with Crippen LogP contribution in [0.3, 0.4) is 0 Å². The van der Waals surface area contributed by atoms with Crippen LogP contribution in [0.2, 0.25) is 0 Å². The van der Waals surface area contributed by atoms with Crippen molar-refractivity contribution in [2.24, 2.45) is 5.92 Å². The predicted molar refractivity (Wildman–Crippen MR) is 122 cm³/mol. The number of hydrogen-bond donors (Lipinski definition) is 3. The Balaban J connectivity index is 1.63. The van der Waals surface area contributed by atoms with E-state index >= 15 is 0 Å². The maximum Gasteiger partial charge on any atom is 0.203 e. The van der Waals surface area contributed by atoms with Gasteiger partial charge in [0.25, 0.3) is 0 Å². The number of benzene rings is 1. The summed E-state index contributed by atoms with van der Waals surface area (Å²) in [6.45, 7) is 7.31. The Kier molecular flexibility index (Phi) is 6.27. The molecule has 1 fully saturated rings. The lowest BCUT2D eigenvalue weighted by Gasteiger charge is -2.23. The van der Waals surface area contributed by atoms with Gasteiger partial charge in [-0.3, -0.25) is 0 Å². The average molecular weight is 424 g/mol. The van der Waals surface area contributed by atoms with Gasteiger partial charge in [0.2, 0.25) is 5.75 Å². The molecule has 0 saturated carbocycles. The van der Waals surface area contributed by atoms with Crippen molar-refractivity contribution in [2.45, 2.75) is 12.8 Å². The molecule has 0 aliphatic carbocycles. The Morgan fingerprint density at radius 2 is 1.84 bits per heavy atom. The zero-order valence-corrected chi connectivity index (χ0v) is 18.2. The van der Waals surface area contributed by atoms with Crippen molar-refractivity contribution in [2.75, 3.05) is 41.0 Å². The molecule has 0 unspecified atom stereocenters. The number of methoxy groups -OCH3 is 3. The first-order valence-corrected chi connectivity index (χ1v) is 10.4. The fourth-order valence-electron chi connectivity index (χ4n) is 3.94. The Morgan fingerprint density at radius 1 is 1.13 bits per heavy atom. The molecule has 31 heavy (non-hydrogen) atoms. The summed E-state index contributed by atoms with van der Waals surface area (Å²) in [5.74, 6) is 2.34. The van der Waals surface area contributed by atoms with Crippen molar-refractivity contribution in [3.05, 3.63) is 36.7 Å². The SMILES string of the molecule is C=C(NCC1CCNCC1)c1c[nH]c2ncc(-c3cc(OC)c(OC)c(OC)c3)nc12. The number of fused-ring (bicyclic) bond motifs is 1. The fraction of sp³-hybridized carbons (Fsp3) is 0.391. The van der Waals surface area contributed by atoms with Crippen molar-refractivity contribution >= 4 is 16.9 Å². The first-order valence-electron chi connectivity index (χ1n) is 10.4. The van der Waals surface area contributed by atoms with E-state index in [0.29, 0.717) is 28.9 Å². The molecule has 3 heterocycles. The predicted octanol–water partition coefficient (Wildman–Crippen LogP) is 3.21. The van der Waals surface area contributed by atoms with Gasteiger partial charge in [-0.25, -0.2) is 9.97 Å². The molecule has 0 bridgehead atoms. The van der Waals surface area contributed by atoms with Gasteiger partial charge in [0, 0.05) is 29.6 Å². The number of rotatable bonds is 8. The summed E-state index contributed by atoms with van der Waals surface area (Å²) in [5, 5.41) is 6.89. The summed E-state index contributed by atoms with van der Waals surface area (Å²) >= 11 is 0. The summed E-state index contributed by atoms with van der Waals surface area (Å²) in [5.41, 5.74) is 4.79. The number of piperidine rings is 1. The highest BCUT2D eigenvalue weighted by Gasteiger charge is 2.18. The van der Waals surface area contributed by atoms with Crippen LogP contribution in [-0.4, -0.2) is 55.9 Å². The third-order valence-electron chi connectivity index (χ3n) is 5.73. The molecular weight excluding hydrogens is 394 g/mol. The van der Waals surface area contributed by atoms with Crippen LogP contribution < -0.4 is 24.8 Å². The van der Waals surface area contributed by atoms with Gasteiger partial charge in [0.1, 0.15) is 5.52 Å². The first kappa shape index (κ1) is 21.0. The largest absolute Gasteiger partial charge is 0.493 e. The highest BCUT2D eigenvalue weighted by Crippen LogP contribution is 2.41. The van der Waals surface area contributed by atoms with Crippen molar-refractivity contribution < 1.29 is 14.2 Å². The average Bonchev–Trinajstić information content (AvgIpc) is 3.25. The fourth-order valence-corrected chi connectivity index (χ4v) is 3.94. The Bertz CT molecular complexity index is 1050. The summed E-state index contributed by atoms with van der Waals surface area (Å²) in [6.07, 6.45) is 5.99. The lowest BCUT2D eigenvalue weighted by atomic mass is 9.98. The van der Waals surface area contributed by atoms with Gasteiger partial charge in [0.05, 0.1) is 33.2 Å². The number of aromatic amines is 1. The van der Waals surface area contributed by atoms with Crippen LogP contribution in [0, 0.1) is 5.92 Å². The van der Waals surface area contributed by atoms with Crippen LogP contribution in [0.25, 0.3) is 28.1 Å². The van der Waals surface area contributed by atoms with E-state index in [0.717, 1.165) is 47.6 Å². The molecule has 8 heteroatoms. The van der Waals surface area contributed by atoms with Gasteiger partial charge in [-0.1, -0.05) is 6.58 Å². The molecular formula is C23H29N5O3. The number of aromatic nitrogens is 3. The highest BCUT2D eigenvalue weighted by molar-refractivity contribution is 5.87. The van der Waals surface area contributed by atoms with E-state index in [-0.39, 0.29) is 0 Å². The number of hydrogen-bond acceptors (Lipinski definition) is 7. The van der Waals surface area contributed by atoms with Crippen LogP contribution in [0.1, 0.15) is 18.4 Å². The molecule has 0 amide bonds. The van der Waals surface area contributed by atoms with E-state index in [4.69, 9.17) is 19.2 Å². The second-order valence-electron chi connectivity index (χ2n) is 7.62. The summed E-state index contributed by atoms with van der Waals surface area (Å²) < 4.78 is 16.4. The summed E-state index contributed by atoms with van der Waals surface area (Å²) in [6, 6.07) is 3.74. The zero-order valence-electron chi connectivity index (χ0n) is 18.2. The second kappa shape index (κ2) is 9.26. The molecule has 0 atom stereocenters. The van der Waals surface area contributed by atoms with Crippen molar-refractivity contribution in [1.82, 2.24) is 25.6 Å². The Labute approximate surface area is 182 Å². The molecule has 2 aromatic heterocycles. The van der Waals surface area contributed by atoms with E-state index in [2.05, 4.69) is 27.2 Å². The molecule has 1 aliphatic heterocycles. The monoisotopic (exact) mass is 423 g/mol. The molecule has 1 aliphatic rings. The van der Waals surface area contributed by atoms with Crippen molar-refractivity contribution in [3.63, 3.8) is 0 Å². The van der Waals surface area contributed by atoms with Gasteiger partial charge in [-0.2, -0.15) is 0 Å². The number of nitrogens with one attached hydrogen (secondary N) is 3. The third-order valence-corrected chi connectivity index (χ3v) is 5.73. The minimum absolute atomic E-state index is 0.542. The van der Waals surface area contributed by atoms with Gasteiger partial charge >= 0.3 is 0 Å². The van der Waals surface area contributed by atoms with Gasteiger partial charge in [-0.15, -0.1) is 0 Å².